The van der Waals surface area contributed by atoms with Crippen LogP contribution in [0.25, 0.3) is 0 Å². The Hall–Kier alpha value is -1.85. The number of allylic oxidation sites excluding steroid dienone is 2. The molecule has 0 bridgehead atoms. The van der Waals surface area contributed by atoms with Gasteiger partial charge >= 0.3 is 17.9 Å². The van der Waals surface area contributed by atoms with Crippen molar-refractivity contribution in [2.24, 2.45) is 0 Å². The van der Waals surface area contributed by atoms with Crippen LogP contribution in [0.4, 0.5) is 0 Å². The van der Waals surface area contributed by atoms with Crippen molar-refractivity contribution in [1.29, 1.82) is 0 Å². The number of unbranched alkanes of at least 4 members (excludes halogenated alkanes) is 36. The lowest BCUT2D eigenvalue weighted by molar-refractivity contribution is -0.167. The average Bonchev–Trinajstić information content (AvgIpc) is 3.24. The first-order valence-corrected chi connectivity index (χ1v) is 26.7. The Morgan fingerprint density at radius 3 is 0.833 bits per heavy atom. The molecule has 0 fully saturated rings. The van der Waals surface area contributed by atoms with E-state index < -0.39 is 6.10 Å². The molecule has 6 nitrogen and oxygen atoms in total. The summed E-state index contributed by atoms with van der Waals surface area (Å²) in [6.07, 6.45) is 55.0. The minimum absolute atomic E-state index is 0.0686. The fourth-order valence-electron chi connectivity index (χ4n) is 7.97. The van der Waals surface area contributed by atoms with Crippen LogP contribution in [0.3, 0.4) is 0 Å². The zero-order valence-corrected chi connectivity index (χ0v) is 40.5. The summed E-state index contributed by atoms with van der Waals surface area (Å²) in [5.74, 6) is -0.867. The van der Waals surface area contributed by atoms with E-state index in [4.69, 9.17) is 14.2 Å². The minimum atomic E-state index is -0.766. The summed E-state index contributed by atoms with van der Waals surface area (Å²) in [6.45, 7) is 6.63. The molecule has 0 spiro atoms. The summed E-state index contributed by atoms with van der Waals surface area (Å²) in [7, 11) is 0. The van der Waals surface area contributed by atoms with Gasteiger partial charge in [0.15, 0.2) is 6.10 Å². The maximum Gasteiger partial charge on any atom is 0.306 e. The molecule has 0 aromatic carbocycles. The molecule has 0 N–H and O–H groups in total. The van der Waals surface area contributed by atoms with Crippen molar-refractivity contribution in [1.82, 2.24) is 0 Å². The molecule has 0 aliphatic carbocycles. The third kappa shape index (κ3) is 47.2. The molecule has 0 heterocycles. The third-order valence-corrected chi connectivity index (χ3v) is 12.0. The van der Waals surface area contributed by atoms with E-state index >= 15 is 0 Å². The molecule has 6 heteroatoms. The fourth-order valence-corrected chi connectivity index (χ4v) is 7.97. The molecule has 1 unspecified atom stereocenters. The molecule has 354 valence electrons. The molecule has 0 aromatic heterocycles. The molecule has 0 saturated heterocycles. The van der Waals surface area contributed by atoms with Gasteiger partial charge in [0.25, 0.3) is 0 Å². The second-order valence-corrected chi connectivity index (χ2v) is 18.2. The van der Waals surface area contributed by atoms with E-state index in [1.807, 2.05) is 0 Å². The van der Waals surface area contributed by atoms with Gasteiger partial charge in [-0.15, -0.1) is 0 Å². The maximum atomic E-state index is 12.8. The third-order valence-electron chi connectivity index (χ3n) is 12.0. The molecular formula is C54H102O6. The number of carbonyl (C=O) groups is 3. The minimum Gasteiger partial charge on any atom is -0.462 e. The van der Waals surface area contributed by atoms with Gasteiger partial charge in [0.1, 0.15) is 13.2 Å². The van der Waals surface area contributed by atoms with Crippen molar-refractivity contribution in [3.05, 3.63) is 12.2 Å². The zero-order valence-electron chi connectivity index (χ0n) is 40.5. The van der Waals surface area contributed by atoms with E-state index in [0.29, 0.717) is 19.3 Å². The molecule has 60 heavy (non-hydrogen) atoms. The van der Waals surface area contributed by atoms with Crippen LogP contribution in [0, 0.1) is 0 Å². The van der Waals surface area contributed by atoms with Crippen molar-refractivity contribution in [3.63, 3.8) is 0 Å². The summed E-state index contributed by atoms with van der Waals surface area (Å²) < 4.78 is 16.7. The lowest BCUT2D eigenvalue weighted by atomic mass is 10.0. The molecule has 0 rings (SSSR count). The van der Waals surface area contributed by atoms with Crippen LogP contribution in [0.5, 0.6) is 0 Å². The van der Waals surface area contributed by atoms with E-state index in [-0.39, 0.29) is 31.1 Å². The Bertz CT molecular complexity index is 931. The normalized spacial score (nSPS) is 12.0. The van der Waals surface area contributed by atoms with Gasteiger partial charge in [0, 0.05) is 19.3 Å². The lowest BCUT2D eigenvalue weighted by Gasteiger charge is -2.18. The van der Waals surface area contributed by atoms with Crippen molar-refractivity contribution in [2.75, 3.05) is 13.2 Å². The summed E-state index contributed by atoms with van der Waals surface area (Å²) in [5, 5.41) is 0. The van der Waals surface area contributed by atoms with Crippen LogP contribution in [0.15, 0.2) is 12.2 Å². The van der Waals surface area contributed by atoms with E-state index in [0.717, 1.165) is 64.2 Å². The predicted molar refractivity (Wildman–Crippen MR) is 256 cm³/mol. The van der Waals surface area contributed by atoms with E-state index in [9.17, 15) is 14.4 Å². The summed E-state index contributed by atoms with van der Waals surface area (Å²) in [6, 6.07) is 0. The number of rotatable bonds is 49. The fraction of sp³-hybridized carbons (Fsp3) is 0.907. The molecular weight excluding hydrogens is 745 g/mol. The molecule has 0 aliphatic rings. The van der Waals surface area contributed by atoms with Crippen molar-refractivity contribution in [2.45, 2.75) is 303 Å². The van der Waals surface area contributed by atoms with Crippen LogP contribution in [-0.4, -0.2) is 37.2 Å². The van der Waals surface area contributed by atoms with Crippen molar-refractivity contribution < 1.29 is 28.6 Å². The molecule has 0 aliphatic heterocycles. The average molecular weight is 847 g/mol. The van der Waals surface area contributed by atoms with Crippen LogP contribution < -0.4 is 0 Å². The van der Waals surface area contributed by atoms with Gasteiger partial charge in [-0.25, -0.2) is 0 Å². The Kier molecular flexibility index (Phi) is 48.3. The molecule has 0 aromatic rings. The van der Waals surface area contributed by atoms with Gasteiger partial charge < -0.3 is 14.2 Å². The van der Waals surface area contributed by atoms with Crippen LogP contribution in [0.1, 0.15) is 297 Å². The van der Waals surface area contributed by atoms with E-state index in [1.165, 1.54) is 193 Å². The van der Waals surface area contributed by atoms with Gasteiger partial charge in [-0.1, -0.05) is 245 Å². The first-order chi connectivity index (χ1) is 29.5. The number of ether oxygens (including phenoxy) is 3. The maximum absolute atomic E-state index is 12.8. The SMILES string of the molecule is CCCCCCCCC/C=C\CCCCCCCC(=O)OC(COC(=O)CCCCCCCCC)COC(=O)CCCCCCCCCCCCCCCCCCCCC. The Morgan fingerprint density at radius 1 is 0.317 bits per heavy atom. The Balaban J connectivity index is 4.19. The standard InChI is InChI=1S/C54H102O6/c1-4-7-10-13-16-18-20-22-24-26-27-28-30-31-33-35-38-41-44-47-53(56)59-50-51(49-58-52(55)46-43-40-37-15-12-9-6-3)60-54(57)48-45-42-39-36-34-32-29-25-23-21-19-17-14-11-8-5-2/h25,29,51H,4-24,26-28,30-50H2,1-3H3/b29-25-. The Labute approximate surface area is 373 Å². The highest BCUT2D eigenvalue weighted by Crippen LogP contribution is 2.16. The largest absolute Gasteiger partial charge is 0.462 e. The topological polar surface area (TPSA) is 78.9 Å². The van der Waals surface area contributed by atoms with E-state index in [1.54, 1.807) is 0 Å². The van der Waals surface area contributed by atoms with Gasteiger partial charge in [0.2, 0.25) is 0 Å². The molecule has 0 amide bonds. The first kappa shape index (κ1) is 58.1. The van der Waals surface area contributed by atoms with Gasteiger partial charge in [-0.3, -0.25) is 14.4 Å². The number of hydrogen-bond donors (Lipinski definition) is 0. The van der Waals surface area contributed by atoms with E-state index in [2.05, 4.69) is 32.9 Å². The summed E-state index contributed by atoms with van der Waals surface area (Å²) in [5.41, 5.74) is 0. The van der Waals surface area contributed by atoms with Crippen LogP contribution in [0.2, 0.25) is 0 Å². The smallest absolute Gasteiger partial charge is 0.306 e. The van der Waals surface area contributed by atoms with Crippen LogP contribution >= 0.6 is 0 Å². The zero-order chi connectivity index (χ0) is 43.7. The molecule has 0 radical (unpaired) electrons. The number of carbonyl (C=O) groups excluding carboxylic acids is 3. The summed E-state index contributed by atoms with van der Waals surface area (Å²) in [4.78, 5) is 37.8. The van der Waals surface area contributed by atoms with Crippen LogP contribution in [-0.2, 0) is 28.6 Å². The Morgan fingerprint density at radius 2 is 0.550 bits per heavy atom. The van der Waals surface area contributed by atoms with Gasteiger partial charge in [0.05, 0.1) is 0 Å². The highest BCUT2D eigenvalue weighted by atomic mass is 16.6. The monoisotopic (exact) mass is 847 g/mol. The molecule has 1 atom stereocenters. The predicted octanol–water partition coefficient (Wildman–Crippen LogP) is 17.4. The van der Waals surface area contributed by atoms with Gasteiger partial charge in [-0.05, 0) is 44.9 Å². The number of hydrogen-bond acceptors (Lipinski definition) is 6. The highest BCUT2D eigenvalue weighted by molar-refractivity contribution is 5.71. The second-order valence-electron chi connectivity index (χ2n) is 18.2. The quantitative estimate of drug-likeness (QED) is 0.0263. The molecule has 0 saturated carbocycles. The number of esters is 3. The van der Waals surface area contributed by atoms with Crippen molar-refractivity contribution >= 4 is 17.9 Å². The summed E-state index contributed by atoms with van der Waals surface area (Å²) >= 11 is 0. The lowest BCUT2D eigenvalue weighted by Crippen LogP contribution is -2.30. The second kappa shape index (κ2) is 49.8. The van der Waals surface area contributed by atoms with Crippen molar-refractivity contribution in [3.8, 4) is 0 Å². The first-order valence-electron chi connectivity index (χ1n) is 26.7. The van der Waals surface area contributed by atoms with Gasteiger partial charge in [-0.2, -0.15) is 0 Å². The highest BCUT2D eigenvalue weighted by Gasteiger charge is 2.19.